The molecule has 4 heteroatoms. The topological polar surface area (TPSA) is 29.1 Å². The Kier molecular flexibility index (Phi) is 7.18. The third kappa shape index (κ3) is 5.63. The fourth-order valence-corrected chi connectivity index (χ4v) is 3.84. The Morgan fingerprint density at radius 2 is 1.54 bits per heavy atom. The van der Waals surface area contributed by atoms with E-state index in [2.05, 4.69) is 36.5 Å². The lowest BCUT2D eigenvalue weighted by atomic mass is 10.0. The molecule has 1 amide bonds. The molecule has 0 saturated carbocycles. The normalized spacial score (nSPS) is 11.8. The van der Waals surface area contributed by atoms with Crippen LogP contribution in [0.2, 0.25) is 5.02 Å². The minimum Gasteiger partial charge on any atom is -0.346 e. The second-order valence-electron chi connectivity index (χ2n) is 6.73. The van der Waals surface area contributed by atoms with Crippen molar-refractivity contribution in [3.05, 3.63) is 100 Å². The number of rotatable bonds is 7. The minimum atomic E-state index is -0.0519. The van der Waals surface area contributed by atoms with Gasteiger partial charge in [-0.05, 0) is 66.4 Å². The highest BCUT2D eigenvalue weighted by atomic mass is 35.5. The molecule has 0 radical (unpaired) electrons. The van der Waals surface area contributed by atoms with Crippen LogP contribution in [0.5, 0.6) is 0 Å². The number of aryl methyl sites for hydroxylation is 1. The van der Waals surface area contributed by atoms with Gasteiger partial charge in [0.1, 0.15) is 0 Å². The Bertz CT molecular complexity index is 905. The average molecular weight is 410 g/mol. The fraction of sp³-hybridized carbons (Fsp3) is 0.208. The van der Waals surface area contributed by atoms with Crippen molar-refractivity contribution in [3.8, 4) is 0 Å². The van der Waals surface area contributed by atoms with Gasteiger partial charge in [0.2, 0.25) is 0 Å². The number of nitrogens with one attached hydrogen (secondary N) is 1. The maximum Gasteiger partial charge on any atom is 0.251 e. The number of hydrogen-bond donors (Lipinski definition) is 1. The fourth-order valence-electron chi connectivity index (χ4n) is 2.86. The van der Waals surface area contributed by atoms with Gasteiger partial charge in [-0.15, -0.1) is 11.8 Å². The molecule has 144 valence electrons. The summed E-state index contributed by atoms with van der Waals surface area (Å²) in [5, 5.41) is 3.82. The number of hydrogen-bond acceptors (Lipinski definition) is 2. The maximum atomic E-state index is 12.5. The van der Waals surface area contributed by atoms with E-state index in [1.807, 2.05) is 55.5 Å². The van der Waals surface area contributed by atoms with Crippen LogP contribution in [0.1, 0.15) is 46.9 Å². The first-order valence-corrected chi connectivity index (χ1v) is 10.8. The second-order valence-corrected chi connectivity index (χ2v) is 8.21. The van der Waals surface area contributed by atoms with Gasteiger partial charge in [-0.25, -0.2) is 0 Å². The molecule has 0 aromatic heterocycles. The van der Waals surface area contributed by atoms with E-state index in [0.717, 1.165) is 22.8 Å². The van der Waals surface area contributed by atoms with Crippen LogP contribution in [-0.4, -0.2) is 5.91 Å². The number of benzene rings is 3. The van der Waals surface area contributed by atoms with Crippen molar-refractivity contribution in [2.24, 2.45) is 0 Å². The molecule has 2 nitrogen and oxygen atoms in total. The molecule has 1 atom stereocenters. The van der Waals surface area contributed by atoms with Crippen LogP contribution in [0.4, 0.5) is 0 Å². The zero-order valence-corrected chi connectivity index (χ0v) is 17.7. The quantitative estimate of drug-likeness (QED) is 0.440. The van der Waals surface area contributed by atoms with Crippen molar-refractivity contribution in [2.45, 2.75) is 37.0 Å². The molecule has 0 aliphatic rings. The van der Waals surface area contributed by atoms with Gasteiger partial charge in [-0.2, -0.15) is 0 Å². The van der Waals surface area contributed by atoms with Crippen LogP contribution in [0, 0.1) is 0 Å². The van der Waals surface area contributed by atoms with E-state index in [-0.39, 0.29) is 11.9 Å². The summed E-state index contributed by atoms with van der Waals surface area (Å²) in [7, 11) is 0. The monoisotopic (exact) mass is 409 g/mol. The summed E-state index contributed by atoms with van der Waals surface area (Å²) in [5.74, 6) is 0.799. The number of amides is 1. The first-order valence-electron chi connectivity index (χ1n) is 9.42. The van der Waals surface area contributed by atoms with Crippen molar-refractivity contribution in [2.75, 3.05) is 0 Å². The minimum absolute atomic E-state index is 0.0291. The first-order chi connectivity index (χ1) is 13.5. The predicted molar refractivity (Wildman–Crippen MR) is 119 cm³/mol. The van der Waals surface area contributed by atoms with E-state index >= 15 is 0 Å². The van der Waals surface area contributed by atoms with Gasteiger partial charge in [-0.3, -0.25) is 4.79 Å². The number of carbonyl (C=O) groups is 1. The van der Waals surface area contributed by atoms with E-state index in [4.69, 9.17) is 11.6 Å². The average Bonchev–Trinajstić information content (AvgIpc) is 2.73. The SMILES string of the molecule is CCc1ccc([C@@H](C)NC(=O)c2ccc(CSc3ccc(Cl)cc3)cc2)cc1. The summed E-state index contributed by atoms with van der Waals surface area (Å²) in [6.07, 6.45) is 1.02. The lowest BCUT2D eigenvalue weighted by molar-refractivity contribution is 0.0940. The molecule has 28 heavy (non-hydrogen) atoms. The van der Waals surface area contributed by atoms with Gasteiger partial charge >= 0.3 is 0 Å². The van der Waals surface area contributed by atoms with Crippen LogP contribution in [-0.2, 0) is 12.2 Å². The largest absolute Gasteiger partial charge is 0.346 e. The summed E-state index contributed by atoms with van der Waals surface area (Å²) in [6.45, 7) is 4.15. The number of thioether (sulfide) groups is 1. The lowest BCUT2D eigenvalue weighted by Gasteiger charge is -2.15. The van der Waals surface area contributed by atoms with Gasteiger partial charge in [0.25, 0.3) is 5.91 Å². The summed E-state index contributed by atoms with van der Waals surface area (Å²) in [5.41, 5.74) is 4.27. The Morgan fingerprint density at radius 3 is 2.14 bits per heavy atom. The molecule has 0 aliphatic carbocycles. The lowest BCUT2D eigenvalue weighted by Crippen LogP contribution is -2.26. The molecule has 3 rings (SSSR count). The predicted octanol–water partition coefficient (Wildman–Crippen LogP) is 6.69. The summed E-state index contributed by atoms with van der Waals surface area (Å²) in [6, 6.07) is 24.0. The molecule has 0 fully saturated rings. The molecular weight excluding hydrogens is 386 g/mol. The van der Waals surface area contributed by atoms with E-state index in [9.17, 15) is 4.79 Å². The highest BCUT2D eigenvalue weighted by Crippen LogP contribution is 2.24. The van der Waals surface area contributed by atoms with Gasteiger partial charge in [0.05, 0.1) is 6.04 Å². The standard InChI is InChI=1S/C24H24ClNOS/c1-3-18-4-8-20(9-5-18)17(2)26-24(27)21-10-6-19(7-11-21)16-28-23-14-12-22(25)13-15-23/h4-15,17H,3,16H2,1-2H3,(H,26,27)/t17-/m1/s1. The molecule has 1 N–H and O–H groups in total. The second kappa shape index (κ2) is 9.81. The molecule has 0 unspecified atom stereocenters. The zero-order chi connectivity index (χ0) is 19.9. The molecule has 3 aromatic rings. The summed E-state index contributed by atoms with van der Waals surface area (Å²) in [4.78, 5) is 13.7. The van der Waals surface area contributed by atoms with Crippen molar-refractivity contribution < 1.29 is 4.79 Å². The molecule has 0 bridgehead atoms. The van der Waals surface area contributed by atoms with Crippen molar-refractivity contribution in [3.63, 3.8) is 0 Å². The van der Waals surface area contributed by atoms with E-state index in [1.54, 1.807) is 11.8 Å². The molecule has 0 spiro atoms. The Labute approximate surface area is 176 Å². The third-order valence-corrected chi connectivity index (χ3v) is 6.01. The van der Waals surface area contributed by atoms with Crippen LogP contribution in [0.25, 0.3) is 0 Å². The maximum absolute atomic E-state index is 12.5. The Morgan fingerprint density at radius 1 is 0.929 bits per heavy atom. The first kappa shape index (κ1) is 20.5. The summed E-state index contributed by atoms with van der Waals surface area (Å²) < 4.78 is 0. The van der Waals surface area contributed by atoms with E-state index in [0.29, 0.717) is 5.56 Å². The molecule has 0 heterocycles. The van der Waals surface area contributed by atoms with Crippen molar-refractivity contribution in [1.29, 1.82) is 0 Å². The van der Waals surface area contributed by atoms with Gasteiger partial charge in [0, 0.05) is 21.2 Å². The smallest absolute Gasteiger partial charge is 0.251 e. The Hall–Kier alpha value is -2.23. The zero-order valence-electron chi connectivity index (χ0n) is 16.1. The van der Waals surface area contributed by atoms with Gasteiger partial charge in [-0.1, -0.05) is 54.9 Å². The molecular formula is C24H24ClNOS. The van der Waals surface area contributed by atoms with Gasteiger partial charge < -0.3 is 5.32 Å². The van der Waals surface area contributed by atoms with Crippen LogP contribution < -0.4 is 5.32 Å². The number of halogens is 1. The van der Waals surface area contributed by atoms with Gasteiger partial charge in [0.15, 0.2) is 0 Å². The van der Waals surface area contributed by atoms with E-state index in [1.165, 1.54) is 16.0 Å². The van der Waals surface area contributed by atoms with Crippen LogP contribution in [0.3, 0.4) is 0 Å². The summed E-state index contributed by atoms with van der Waals surface area (Å²) >= 11 is 7.67. The molecule has 0 saturated heterocycles. The highest BCUT2D eigenvalue weighted by molar-refractivity contribution is 7.98. The number of carbonyl (C=O) groups excluding carboxylic acids is 1. The van der Waals surface area contributed by atoms with Crippen LogP contribution >= 0.6 is 23.4 Å². The molecule has 0 aliphatic heterocycles. The van der Waals surface area contributed by atoms with E-state index < -0.39 is 0 Å². The third-order valence-electron chi connectivity index (χ3n) is 4.67. The Balaban J connectivity index is 1.55. The van der Waals surface area contributed by atoms with Crippen LogP contribution in [0.15, 0.2) is 77.7 Å². The highest BCUT2D eigenvalue weighted by Gasteiger charge is 2.11. The van der Waals surface area contributed by atoms with Crippen molar-refractivity contribution in [1.82, 2.24) is 5.32 Å². The molecule has 3 aromatic carbocycles. The van der Waals surface area contributed by atoms with Crippen molar-refractivity contribution >= 4 is 29.3 Å².